The Morgan fingerprint density at radius 3 is 1.19 bits per heavy atom. The van der Waals surface area contributed by atoms with Crippen molar-refractivity contribution < 1.29 is 37.4 Å². The number of aromatic hydroxyl groups is 1. The number of nitrogens with zero attached hydrogens (tertiary/aromatic N) is 3. The lowest BCUT2D eigenvalue weighted by atomic mass is 10.0. The third kappa shape index (κ3) is 28.7. The molecule has 0 heterocycles. The Hall–Kier alpha value is -3.77. The summed E-state index contributed by atoms with van der Waals surface area (Å²) in [4.78, 5) is 37.0. The molecule has 5 atom stereocenters. The maximum Gasteiger partial charge on any atom is 0.414 e. The van der Waals surface area contributed by atoms with Gasteiger partial charge in [0.1, 0.15) is 17.2 Å². The average molecular weight is 1030 g/mol. The summed E-state index contributed by atoms with van der Waals surface area (Å²) in [6.45, 7) is 23.6. The zero-order valence-corrected chi connectivity index (χ0v) is 47.2. The van der Waals surface area contributed by atoms with Crippen molar-refractivity contribution in [3.63, 3.8) is 0 Å². The highest BCUT2D eigenvalue weighted by Crippen LogP contribution is 2.23. The van der Waals surface area contributed by atoms with Crippen molar-refractivity contribution in [3.8, 4) is 17.2 Å². The lowest BCUT2D eigenvalue weighted by Gasteiger charge is -2.22. The fourth-order valence-corrected chi connectivity index (χ4v) is 6.88. The van der Waals surface area contributed by atoms with Crippen molar-refractivity contribution in [1.82, 2.24) is 24.1 Å². The molecular formula is C50H84Cl2N6O8S2. The minimum atomic E-state index is -1.06. The average Bonchev–Trinajstić information content (AvgIpc) is 3.21. The van der Waals surface area contributed by atoms with Crippen molar-refractivity contribution in [2.75, 3.05) is 42.3 Å². The van der Waals surface area contributed by atoms with Crippen LogP contribution in [0.5, 0.6) is 17.2 Å². The van der Waals surface area contributed by atoms with Gasteiger partial charge in [-0.2, -0.15) is 0 Å². The molecule has 1 unspecified atom stereocenters. The standard InChI is InChI=1S/C18H30N2O3S.C15H25NO2S.C14H22N2O2.C3H6ClNO.ClH/c1-13-12-15(10-11-16(13)23-17(21)20(6)7)9-8-14(2)19-24(22)18(3,4)5;1-11-10-13(8-9-14(11)17)7-6-12(2)16-19(18)15(3,4)5;1-10-9-12(6-5-11(2)15)7-8-13(10)18-14(17)16(3)4;1-5(2)3(4)6;/h10-12,14,19H,8-9H2,1-7H3;8-10,12,16-17H,6-7H2,1-5H3;7-9,11H,5-6,15H2,1-4H3;1-2H3;1H/t14-,24-;12-,19-;;;/m11.../s1. The first kappa shape index (κ1) is 66.3. The second kappa shape index (κ2) is 32.2. The van der Waals surface area contributed by atoms with Crippen LogP contribution >= 0.6 is 24.0 Å². The second-order valence-corrected chi connectivity index (χ2v) is 23.7. The maximum absolute atomic E-state index is 12.1. The van der Waals surface area contributed by atoms with Crippen molar-refractivity contribution in [3.05, 3.63) is 88.0 Å². The molecule has 388 valence electrons. The molecule has 0 radical (unpaired) electrons. The van der Waals surface area contributed by atoms with Crippen molar-refractivity contribution >= 4 is 63.5 Å². The summed E-state index contributed by atoms with van der Waals surface area (Å²) in [6.07, 6.45) is 4.75. The summed E-state index contributed by atoms with van der Waals surface area (Å²) in [7, 11) is 7.74. The predicted octanol–water partition coefficient (Wildman–Crippen LogP) is 10.2. The molecule has 68 heavy (non-hydrogen) atoms. The molecule has 0 saturated heterocycles. The largest absolute Gasteiger partial charge is 0.508 e. The lowest BCUT2D eigenvalue weighted by Crippen LogP contribution is -2.38. The highest BCUT2D eigenvalue weighted by atomic mass is 35.5. The molecule has 14 nitrogen and oxygen atoms in total. The molecule has 18 heteroatoms. The Balaban J connectivity index is 0. The number of aryl methyl sites for hydroxylation is 6. The number of ether oxygens (including phenoxy) is 2. The molecule has 3 aromatic rings. The number of benzene rings is 3. The van der Waals surface area contributed by atoms with Gasteiger partial charge in [0.05, 0.1) is 31.5 Å². The van der Waals surface area contributed by atoms with Gasteiger partial charge in [-0.15, -0.1) is 12.4 Å². The topological polar surface area (TPSA) is 184 Å². The fraction of sp³-hybridized carbons (Fsp3) is 0.580. The first-order valence-electron chi connectivity index (χ1n) is 22.5. The van der Waals surface area contributed by atoms with Gasteiger partial charge in [0, 0.05) is 60.4 Å². The van der Waals surface area contributed by atoms with E-state index in [2.05, 4.69) is 16.4 Å². The van der Waals surface area contributed by atoms with E-state index in [0.717, 1.165) is 55.2 Å². The number of amides is 3. The molecule has 0 aliphatic heterocycles. The summed E-state index contributed by atoms with van der Waals surface area (Å²) in [5, 5.41) is 9.04. The molecule has 0 fully saturated rings. The van der Waals surface area contributed by atoms with Gasteiger partial charge in [0.25, 0.3) is 0 Å². The molecule has 5 N–H and O–H groups in total. The normalized spacial score (nSPS) is 13.1. The number of rotatable bonds is 15. The number of phenols is 1. The Morgan fingerprint density at radius 2 is 0.926 bits per heavy atom. The van der Waals surface area contributed by atoms with E-state index in [1.54, 1.807) is 48.4 Å². The third-order valence-electron chi connectivity index (χ3n) is 9.57. The molecule has 0 spiro atoms. The summed E-state index contributed by atoms with van der Waals surface area (Å²) in [5.74, 6) is 1.53. The van der Waals surface area contributed by atoms with Crippen LogP contribution in [0.4, 0.5) is 14.4 Å². The van der Waals surface area contributed by atoms with Gasteiger partial charge in [0.2, 0.25) is 0 Å². The first-order chi connectivity index (χ1) is 30.7. The number of carbonyl (C=O) groups excluding carboxylic acids is 3. The van der Waals surface area contributed by atoms with Crippen LogP contribution in [0.1, 0.15) is 115 Å². The zero-order chi connectivity index (χ0) is 52.0. The smallest absolute Gasteiger partial charge is 0.414 e. The summed E-state index contributed by atoms with van der Waals surface area (Å²) in [6, 6.07) is 17.9. The van der Waals surface area contributed by atoms with E-state index in [1.165, 1.54) is 31.4 Å². The van der Waals surface area contributed by atoms with E-state index in [9.17, 15) is 27.9 Å². The number of nitrogens with one attached hydrogen (secondary N) is 2. The summed E-state index contributed by atoms with van der Waals surface area (Å²) in [5.41, 5.74) is 12.1. The van der Waals surface area contributed by atoms with Gasteiger partial charge in [-0.1, -0.05) is 36.4 Å². The second-order valence-electron chi connectivity index (χ2n) is 19.4. The highest BCUT2D eigenvalue weighted by Gasteiger charge is 2.22. The molecule has 0 bridgehead atoms. The van der Waals surface area contributed by atoms with Crippen LogP contribution in [0.15, 0.2) is 54.6 Å². The molecule has 3 amide bonds. The van der Waals surface area contributed by atoms with Gasteiger partial charge >= 0.3 is 17.6 Å². The molecular weight excluding hydrogens is 948 g/mol. The lowest BCUT2D eigenvalue weighted by molar-refractivity contribution is 0.170. The number of nitrogens with two attached hydrogens (primary N) is 1. The maximum atomic E-state index is 12.1. The van der Waals surface area contributed by atoms with E-state index in [1.807, 2.05) is 125 Å². The number of phenolic OH excluding ortho intramolecular Hbond substituents is 1. The van der Waals surface area contributed by atoms with Crippen LogP contribution in [0, 0.1) is 20.8 Å². The predicted molar refractivity (Wildman–Crippen MR) is 286 cm³/mol. The van der Waals surface area contributed by atoms with Crippen LogP contribution < -0.4 is 24.7 Å². The van der Waals surface area contributed by atoms with Gasteiger partial charge in [-0.25, -0.2) is 27.5 Å². The molecule has 0 aliphatic carbocycles. The van der Waals surface area contributed by atoms with Gasteiger partial charge in [-0.05, 0) is 185 Å². The van der Waals surface area contributed by atoms with E-state index >= 15 is 0 Å². The Morgan fingerprint density at radius 1 is 0.618 bits per heavy atom. The zero-order valence-electron chi connectivity index (χ0n) is 44.0. The van der Waals surface area contributed by atoms with Crippen molar-refractivity contribution in [2.24, 2.45) is 5.73 Å². The van der Waals surface area contributed by atoms with Crippen molar-refractivity contribution in [2.45, 2.75) is 149 Å². The Bertz CT molecular complexity index is 2060. The van der Waals surface area contributed by atoms with Crippen LogP contribution in [0.3, 0.4) is 0 Å². The van der Waals surface area contributed by atoms with E-state index < -0.39 is 27.3 Å². The number of hydrogen-bond donors (Lipinski definition) is 4. The molecule has 0 saturated carbocycles. The van der Waals surface area contributed by atoms with Crippen LogP contribution in [-0.2, 0) is 41.2 Å². The molecule has 0 aromatic heterocycles. The van der Waals surface area contributed by atoms with Crippen LogP contribution in [0.25, 0.3) is 0 Å². The fourth-order valence-electron chi connectivity index (χ4n) is 5.20. The number of halogens is 2. The quantitative estimate of drug-likeness (QED) is 0.0850. The van der Waals surface area contributed by atoms with Crippen LogP contribution in [0.2, 0.25) is 0 Å². The van der Waals surface area contributed by atoms with Gasteiger partial charge in [-0.3, -0.25) is 4.79 Å². The summed E-state index contributed by atoms with van der Waals surface area (Å²) < 4.78 is 40.4. The first-order valence-corrected chi connectivity index (χ1v) is 25.2. The van der Waals surface area contributed by atoms with Crippen LogP contribution in [-0.4, -0.2) is 116 Å². The minimum absolute atomic E-state index is 0. The third-order valence-corrected chi connectivity index (χ3v) is 13.4. The van der Waals surface area contributed by atoms with Crippen molar-refractivity contribution in [1.29, 1.82) is 0 Å². The van der Waals surface area contributed by atoms with E-state index in [4.69, 9.17) is 26.8 Å². The molecule has 0 aliphatic rings. The Labute approximate surface area is 425 Å². The minimum Gasteiger partial charge on any atom is -0.508 e. The Kier molecular flexibility index (Phi) is 31.4. The van der Waals surface area contributed by atoms with E-state index in [-0.39, 0.29) is 52.2 Å². The van der Waals surface area contributed by atoms with E-state index in [0.29, 0.717) is 17.2 Å². The number of hydrogen-bond acceptors (Lipinski definition) is 9. The SMILES string of the molecule is CN(C)C(=O)Cl.Cc1cc(CCC(C)N)ccc1OC(=O)N(C)C.Cc1cc(CC[C@@H](C)N[S@](=O)C(C)(C)C)ccc1O.Cc1cc(CC[C@@H](C)N[S@](=O)C(C)(C)C)ccc1OC(=O)N(C)C.Cl. The highest BCUT2D eigenvalue weighted by molar-refractivity contribution is 7.84. The van der Waals surface area contributed by atoms with Gasteiger partial charge < -0.3 is 35.0 Å². The molecule has 3 rings (SSSR count). The summed E-state index contributed by atoms with van der Waals surface area (Å²) >= 11 is 4.90. The monoisotopic (exact) mass is 1030 g/mol. The van der Waals surface area contributed by atoms with Gasteiger partial charge in [0.15, 0.2) is 0 Å². The molecule has 3 aromatic carbocycles. The number of carbonyl (C=O) groups is 3.